The van der Waals surface area contributed by atoms with E-state index in [9.17, 15) is 4.79 Å². The Hall–Kier alpha value is -1.83. The summed E-state index contributed by atoms with van der Waals surface area (Å²) in [7, 11) is 0. The first-order valence-electron chi connectivity index (χ1n) is 5.24. The van der Waals surface area contributed by atoms with Gasteiger partial charge in [0.2, 0.25) is 0 Å². The molecule has 0 aromatic heterocycles. The van der Waals surface area contributed by atoms with E-state index >= 15 is 0 Å². The molecule has 1 unspecified atom stereocenters. The Labute approximate surface area is 96.2 Å². The van der Waals surface area contributed by atoms with E-state index in [0.29, 0.717) is 6.61 Å². The largest absolute Gasteiger partial charge is 0.460 e. The lowest BCUT2D eigenvalue weighted by Crippen LogP contribution is -2.12. The molecule has 1 aromatic carbocycles. The second kappa shape index (κ2) is 6.62. The van der Waals surface area contributed by atoms with Crippen molar-refractivity contribution in [2.75, 3.05) is 0 Å². The molecule has 0 N–H and O–H groups in total. The minimum Gasteiger partial charge on any atom is -0.460 e. The van der Waals surface area contributed by atoms with Crippen molar-refractivity contribution in [3.8, 4) is 0 Å². The normalized spacial score (nSPS) is 12.3. The fourth-order valence-electron chi connectivity index (χ4n) is 1.18. The molecule has 0 bridgehead atoms. The highest BCUT2D eigenvalue weighted by Gasteiger charge is 2.10. The third kappa shape index (κ3) is 4.13. The Morgan fingerprint density at radius 3 is 2.75 bits per heavy atom. The summed E-state index contributed by atoms with van der Waals surface area (Å²) in [6.07, 6.45) is 5.15. The number of carbonyl (C=O) groups is 1. The molecule has 0 amide bonds. The minimum atomic E-state index is -0.235. The van der Waals surface area contributed by atoms with E-state index in [1.807, 2.05) is 30.3 Å². The summed E-state index contributed by atoms with van der Waals surface area (Å²) in [5.41, 5.74) is 0.996. The average Bonchev–Trinajstić information content (AvgIpc) is 2.34. The molecule has 0 aliphatic rings. The molecule has 16 heavy (non-hydrogen) atoms. The monoisotopic (exact) mass is 216 g/mol. The van der Waals surface area contributed by atoms with Crippen LogP contribution in [0.3, 0.4) is 0 Å². The predicted octanol–water partition coefficient (Wildman–Crippen LogP) is 3.11. The molecule has 0 saturated carbocycles. The zero-order chi connectivity index (χ0) is 11.8. The van der Waals surface area contributed by atoms with Crippen LogP contribution >= 0.6 is 0 Å². The van der Waals surface area contributed by atoms with Gasteiger partial charge in [0.1, 0.15) is 6.61 Å². The number of hydrogen-bond donors (Lipinski definition) is 0. The van der Waals surface area contributed by atoms with Gasteiger partial charge in [-0.1, -0.05) is 55.1 Å². The summed E-state index contributed by atoms with van der Waals surface area (Å²) in [6, 6.07) is 9.63. The maximum absolute atomic E-state index is 11.5. The first-order chi connectivity index (χ1) is 7.74. The van der Waals surface area contributed by atoms with Gasteiger partial charge in [0, 0.05) is 0 Å². The van der Waals surface area contributed by atoms with Crippen LogP contribution in [-0.2, 0) is 16.1 Å². The van der Waals surface area contributed by atoms with E-state index < -0.39 is 0 Å². The number of hydrogen-bond acceptors (Lipinski definition) is 2. The molecule has 0 fully saturated rings. The number of allylic oxidation sites excluding steroid dienone is 2. The number of carbonyl (C=O) groups excluding carboxylic acids is 1. The molecule has 0 aliphatic heterocycles. The van der Waals surface area contributed by atoms with Crippen molar-refractivity contribution < 1.29 is 9.53 Å². The van der Waals surface area contributed by atoms with Crippen LogP contribution in [0.2, 0.25) is 0 Å². The minimum absolute atomic E-state index is 0.220. The quantitative estimate of drug-likeness (QED) is 0.558. The molecule has 1 rings (SSSR count). The van der Waals surface area contributed by atoms with Gasteiger partial charge in [0.05, 0.1) is 5.92 Å². The third-order valence-electron chi connectivity index (χ3n) is 2.13. The fourth-order valence-corrected chi connectivity index (χ4v) is 1.18. The molecular formula is C14H16O2. The molecule has 1 atom stereocenters. The van der Waals surface area contributed by atoms with Crippen molar-refractivity contribution in [2.45, 2.75) is 13.5 Å². The van der Waals surface area contributed by atoms with Gasteiger partial charge in [0.25, 0.3) is 0 Å². The summed E-state index contributed by atoms with van der Waals surface area (Å²) in [5, 5.41) is 0. The molecule has 0 saturated heterocycles. The SMILES string of the molecule is C=C/C=C/C(C)C(=O)OCc1ccccc1. The number of benzene rings is 1. The van der Waals surface area contributed by atoms with Gasteiger partial charge in [-0.2, -0.15) is 0 Å². The van der Waals surface area contributed by atoms with Crippen molar-refractivity contribution in [1.29, 1.82) is 0 Å². The second-order valence-corrected chi connectivity index (χ2v) is 3.50. The zero-order valence-corrected chi connectivity index (χ0v) is 9.43. The molecule has 2 nitrogen and oxygen atoms in total. The molecule has 0 heterocycles. The zero-order valence-electron chi connectivity index (χ0n) is 9.43. The highest BCUT2D eigenvalue weighted by molar-refractivity contribution is 5.74. The van der Waals surface area contributed by atoms with Gasteiger partial charge in [-0.05, 0) is 12.5 Å². The number of esters is 1. The van der Waals surface area contributed by atoms with Crippen molar-refractivity contribution >= 4 is 5.97 Å². The second-order valence-electron chi connectivity index (χ2n) is 3.50. The molecule has 0 aliphatic carbocycles. The average molecular weight is 216 g/mol. The summed E-state index contributed by atoms with van der Waals surface area (Å²) >= 11 is 0. The van der Waals surface area contributed by atoms with Crippen LogP contribution in [0.4, 0.5) is 0 Å². The van der Waals surface area contributed by atoms with E-state index in [2.05, 4.69) is 6.58 Å². The Morgan fingerprint density at radius 1 is 1.44 bits per heavy atom. The van der Waals surface area contributed by atoms with Crippen LogP contribution in [-0.4, -0.2) is 5.97 Å². The van der Waals surface area contributed by atoms with Gasteiger partial charge < -0.3 is 4.74 Å². The first-order valence-corrected chi connectivity index (χ1v) is 5.24. The lowest BCUT2D eigenvalue weighted by atomic mass is 10.1. The van der Waals surface area contributed by atoms with E-state index in [-0.39, 0.29) is 11.9 Å². The smallest absolute Gasteiger partial charge is 0.312 e. The van der Waals surface area contributed by atoms with Gasteiger partial charge in [-0.3, -0.25) is 4.79 Å². The highest BCUT2D eigenvalue weighted by atomic mass is 16.5. The van der Waals surface area contributed by atoms with Gasteiger partial charge in [0.15, 0.2) is 0 Å². The molecular weight excluding hydrogens is 200 g/mol. The van der Waals surface area contributed by atoms with Crippen molar-refractivity contribution in [3.63, 3.8) is 0 Å². The highest BCUT2D eigenvalue weighted by Crippen LogP contribution is 2.05. The van der Waals surface area contributed by atoms with Crippen LogP contribution < -0.4 is 0 Å². The van der Waals surface area contributed by atoms with Crippen LogP contribution in [0.15, 0.2) is 55.1 Å². The van der Waals surface area contributed by atoms with Gasteiger partial charge in [-0.15, -0.1) is 0 Å². The molecule has 0 radical (unpaired) electrons. The van der Waals surface area contributed by atoms with Gasteiger partial charge >= 0.3 is 5.97 Å². The standard InChI is InChI=1S/C14H16O2/c1-3-4-8-12(2)14(15)16-11-13-9-6-5-7-10-13/h3-10,12H,1,11H2,2H3/b8-4+. The lowest BCUT2D eigenvalue weighted by molar-refractivity contribution is -0.147. The third-order valence-corrected chi connectivity index (χ3v) is 2.13. The van der Waals surface area contributed by atoms with Gasteiger partial charge in [-0.25, -0.2) is 0 Å². The summed E-state index contributed by atoms with van der Waals surface area (Å²) in [6.45, 7) is 5.67. The molecule has 1 aromatic rings. The number of ether oxygens (including phenoxy) is 1. The Kier molecular flexibility index (Phi) is 5.06. The fraction of sp³-hybridized carbons (Fsp3) is 0.214. The summed E-state index contributed by atoms with van der Waals surface area (Å²) in [5.74, 6) is -0.455. The topological polar surface area (TPSA) is 26.3 Å². The maximum atomic E-state index is 11.5. The first kappa shape index (κ1) is 12.2. The van der Waals surface area contributed by atoms with E-state index in [4.69, 9.17) is 4.74 Å². The van der Waals surface area contributed by atoms with Crippen molar-refractivity contribution in [3.05, 3.63) is 60.7 Å². The molecule has 84 valence electrons. The number of rotatable bonds is 5. The summed E-state index contributed by atoms with van der Waals surface area (Å²) < 4.78 is 5.16. The molecule has 0 spiro atoms. The van der Waals surface area contributed by atoms with E-state index in [1.54, 1.807) is 25.2 Å². The van der Waals surface area contributed by atoms with Crippen molar-refractivity contribution in [1.82, 2.24) is 0 Å². The van der Waals surface area contributed by atoms with E-state index in [1.165, 1.54) is 0 Å². The Bertz CT molecular complexity index is 366. The van der Waals surface area contributed by atoms with Crippen LogP contribution in [0, 0.1) is 5.92 Å². The Balaban J connectivity index is 2.41. The Morgan fingerprint density at radius 2 is 2.12 bits per heavy atom. The molecule has 2 heteroatoms. The van der Waals surface area contributed by atoms with Crippen LogP contribution in [0.5, 0.6) is 0 Å². The lowest BCUT2D eigenvalue weighted by Gasteiger charge is -2.07. The maximum Gasteiger partial charge on any atom is 0.312 e. The van der Waals surface area contributed by atoms with Crippen LogP contribution in [0.1, 0.15) is 12.5 Å². The van der Waals surface area contributed by atoms with Crippen molar-refractivity contribution in [2.24, 2.45) is 5.92 Å². The van der Waals surface area contributed by atoms with Crippen LogP contribution in [0.25, 0.3) is 0 Å². The summed E-state index contributed by atoms with van der Waals surface area (Å²) in [4.78, 5) is 11.5. The predicted molar refractivity (Wildman–Crippen MR) is 64.7 cm³/mol. The van der Waals surface area contributed by atoms with E-state index in [0.717, 1.165) is 5.56 Å².